The van der Waals surface area contributed by atoms with Gasteiger partial charge < -0.3 is 10.3 Å². The van der Waals surface area contributed by atoms with Crippen molar-refractivity contribution in [2.75, 3.05) is 0 Å². The van der Waals surface area contributed by atoms with Gasteiger partial charge in [-0.2, -0.15) is 0 Å². The SMILES string of the molecule is O=S(=O)(NO)c1ccccc1CO. The molecule has 0 radical (unpaired) electrons. The van der Waals surface area contributed by atoms with Gasteiger partial charge in [0.2, 0.25) is 0 Å². The van der Waals surface area contributed by atoms with E-state index in [1.165, 1.54) is 23.1 Å². The summed E-state index contributed by atoms with van der Waals surface area (Å²) in [5.41, 5.74) is 0.240. The number of aliphatic hydroxyl groups excluding tert-OH is 1. The van der Waals surface area contributed by atoms with Gasteiger partial charge in [0.05, 0.1) is 11.5 Å². The van der Waals surface area contributed by atoms with Gasteiger partial charge in [-0.3, -0.25) is 0 Å². The molecule has 0 aliphatic rings. The molecule has 0 saturated heterocycles. The van der Waals surface area contributed by atoms with Crippen LogP contribution in [0.2, 0.25) is 0 Å². The third-order valence-electron chi connectivity index (χ3n) is 1.55. The van der Waals surface area contributed by atoms with E-state index in [-0.39, 0.29) is 10.5 Å². The Bertz CT molecular complexity index is 387. The number of benzene rings is 1. The van der Waals surface area contributed by atoms with Crippen LogP contribution in [0.15, 0.2) is 29.2 Å². The van der Waals surface area contributed by atoms with Crippen molar-refractivity contribution in [3.8, 4) is 0 Å². The molecule has 1 rings (SSSR count). The van der Waals surface area contributed by atoms with Gasteiger partial charge in [-0.15, -0.1) is 0 Å². The van der Waals surface area contributed by atoms with Gasteiger partial charge in [0.15, 0.2) is 0 Å². The first-order valence-corrected chi connectivity index (χ1v) is 4.95. The van der Waals surface area contributed by atoms with Crippen molar-refractivity contribution in [1.82, 2.24) is 4.89 Å². The molecule has 6 heteroatoms. The lowest BCUT2D eigenvalue weighted by molar-refractivity contribution is 0.241. The average molecular weight is 203 g/mol. The molecule has 1 aromatic carbocycles. The number of sulfonamides is 1. The molecule has 0 fully saturated rings. The maximum atomic E-state index is 11.1. The van der Waals surface area contributed by atoms with Crippen LogP contribution in [0.4, 0.5) is 0 Å². The van der Waals surface area contributed by atoms with Crippen LogP contribution in [0.5, 0.6) is 0 Å². The highest BCUT2D eigenvalue weighted by Crippen LogP contribution is 2.14. The minimum absolute atomic E-state index is 0.125. The van der Waals surface area contributed by atoms with Crippen LogP contribution in [0.25, 0.3) is 0 Å². The number of hydrogen-bond acceptors (Lipinski definition) is 4. The molecule has 0 bridgehead atoms. The molecular weight excluding hydrogens is 194 g/mol. The predicted octanol–water partition coefficient (Wildman–Crippen LogP) is -0.154. The number of nitrogens with one attached hydrogen (secondary N) is 1. The van der Waals surface area contributed by atoms with Gasteiger partial charge in [-0.1, -0.05) is 23.1 Å². The van der Waals surface area contributed by atoms with Crippen LogP contribution in [0.1, 0.15) is 5.56 Å². The van der Waals surface area contributed by atoms with E-state index in [1.54, 1.807) is 6.07 Å². The Morgan fingerprint density at radius 2 is 1.92 bits per heavy atom. The fourth-order valence-electron chi connectivity index (χ4n) is 0.946. The van der Waals surface area contributed by atoms with Crippen LogP contribution in [-0.4, -0.2) is 18.7 Å². The molecule has 0 amide bonds. The van der Waals surface area contributed by atoms with Crippen molar-refractivity contribution in [2.45, 2.75) is 11.5 Å². The van der Waals surface area contributed by atoms with Gasteiger partial charge >= 0.3 is 0 Å². The topological polar surface area (TPSA) is 86.6 Å². The van der Waals surface area contributed by atoms with Crippen molar-refractivity contribution in [1.29, 1.82) is 0 Å². The van der Waals surface area contributed by atoms with E-state index < -0.39 is 16.6 Å². The van der Waals surface area contributed by atoms with E-state index in [0.717, 1.165) is 0 Å². The Hall–Kier alpha value is -0.950. The Morgan fingerprint density at radius 1 is 1.31 bits per heavy atom. The molecule has 5 nitrogen and oxygen atoms in total. The normalized spacial score (nSPS) is 11.5. The first-order chi connectivity index (χ1) is 6.11. The van der Waals surface area contributed by atoms with E-state index in [0.29, 0.717) is 0 Å². The lowest BCUT2D eigenvalue weighted by Gasteiger charge is -2.05. The van der Waals surface area contributed by atoms with Crippen molar-refractivity contribution in [3.63, 3.8) is 0 Å². The van der Waals surface area contributed by atoms with E-state index in [9.17, 15) is 8.42 Å². The molecule has 0 heterocycles. The summed E-state index contributed by atoms with van der Waals surface area (Å²) >= 11 is 0. The summed E-state index contributed by atoms with van der Waals surface area (Å²) in [6.45, 7) is -0.392. The zero-order valence-corrected chi connectivity index (χ0v) is 7.45. The number of rotatable bonds is 3. The van der Waals surface area contributed by atoms with Crippen LogP contribution in [-0.2, 0) is 16.6 Å². The van der Waals surface area contributed by atoms with Crippen molar-refractivity contribution in [2.24, 2.45) is 0 Å². The van der Waals surface area contributed by atoms with E-state index in [1.807, 2.05) is 0 Å². The van der Waals surface area contributed by atoms with Crippen molar-refractivity contribution in [3.05, 3.63) is 29.8 Å². The molecule has 0 aliphatic heterocycles. The Kier molecular flexibility index (Phi) is 2.99. The molecule has 1 aromatic rings. The zero-order valence-electron chi connectivity index (χ0n) is 6.64. The lowest BCUT2D eigenvalue weighted by atomic mass is 10.2. The highest BCUT2D eigenvalue weighted by atomic mass is 32.2. The fourth-order valence-corrected chi connectivity index (χ4v) is 1.78. The molecule has 0 aromatic heterocycles. The summed E-state index contributed by atoms with van der Waals surface area (Å²) in [5, 5.41) is 17.2. The smallest absolute Gasteiger partial charge is 0.262 e. The summed E-state index contributed by atoms with van der Waals surface area (Å²) < 4.78 is 22.2. The maximum absolute atomic E-state index is 11.1. The van der Waals surface area contributed by atoms with Crippen molar-refractivity contribution < 1.29 is 18.7 Å². The largest absolute Gasteiger partial charge is 0.392 e. The Balaban J connectivity index is 3.29. The molecule has 0 spiro atoms. The van der Waals surface area contributed by atoms with Crippen LogP contribution < -0.4 is 4.89 Å². The standard InChI is InChI=1S/C7H9NO4S/c9-5-6-3-1-2-4-7(6)13(11,12)8-10/h1-4,8-10H,5H2. The molecule has 0 atom stereocenters. The van der Waals surface area contributed by atoms with Gasteiger partial charge in [-0.25, -0.2) is 8.42 Å². The molecule has 72 valence electrons. The Labute approximate surface area is 75.6 Å². The Morgan fingerprint density at radius 3 is 2.46 bits per heavy atom. The van der Waals surface area contributed by atoms with E-state index in [2.05, 4.69) is 0 Å². The third kappa shape index (κ3) is 2.04. The third-order valence-corrected chi connectivity index (χ3v) is 2.77. The minimum Gasteiger partial charge on any atom is -0.392 e. The first kappa shape index (κ1) is 10.1. The highest BCUT2D eigenvalue weighted by molar-refractivity contribution is 7.89. The molecule has 0 unspecified atom stereocenters. The monoisotopic (exact) mass is 203 g/mol. The second-order valence-corrected chi connectivity index (χ2v) is 3.99. The predicted molar refractivity (Wildman–Crippen MR) is 44.5 cm³/mol. The summed E-state index contributed by atoms with van der Waals surface area (Å²) in [5.74, 6) is 0. The van der Waals surface area contributed by atoms with Gasteiger partial charge in [0, 0.05) is 0 Å². The maximum Gasteiger partial charge on any atom is 0.262 e. The van der Waals surface area contributed by atoms with Crippen LogP contribution in [0.3, 0.4) is 0 Å². The lowest BCUT2D eigenvalue weighted by Crippen LogP contribution is -2.20. The van der Waals surface area contributed by atoms with Crippen LogP contribution in [0, 0.1) is 0 Å². The number of aliphatic hydroxyl groups is 1. The molecule has 0 saturated carbocycles. The van der Waals surface area contributed by atoms with Gasteiger partial charge in [-0.05, 0) is 11.6 Å². The highest BCUT2D eigenvalue weighted by Gasteiger charge is 2.15. The average Bonchev–Trinajstić information content (AvgIpc) is 2.18. The van der Waals surface area contributed by atoms with E-state index >= 15 is 0 Å². The summed E-state index contributed by atoms with van der Waals surface area (Å²) in [7, 11) is -3.90. The molecule has 3 N–H and O–H groups in total. The van der Waals surface area contributed by atoms with Gasteiger partial charge in [0.25, 0.3) is 10.0 Å². The number of hydrogen-bond donors (Lipinski definition) is 3. The van der Waals surface area contributed by atoms with E-state index in [4.69, 9.17) is 10.3 Å². The van der Waals surface area contributed by atoms with Crippen LogP contribution >= 0.6 is 0 Å². The quantitative estimate of drug-likeness (QED) is 0.596. The second-order valence-electron chi connectivity index (χ2n) is 2.36. The zero-order chi connectivity index (χ0) is 9.90. The van der Waals surface area contributed by atoms with Gasteiger partial charge in [0.1, 0.15) is 0 Å². The summed E-state index contributed by atoms with van der Waals surface area (Å²) in [6.07, 6.45) is 0. The minimum atomic E-state index is -3.90. The first-order valence-electron chi connectivity index (χ1n) is 3.46. The summed E-state index contributed by atoms with van der Waals surface area (Å²) in [6, 6.07) is 5.86. The van der Waals surface area contributed by atoms with Crippen molar-refractivity contribution >= 4 is 10.0 Å². The fraction of sp³-hybridized carbons (Fsp3) is 0.143. The summed E-state index contributed by atoms with van der Waals surface area (Å²) in [4.78, 5) is 1.07. The molecular formula is C7H9NO4S. The molecule has 13 heavy (non-hydrogen) atoms. The molecule has 0 aliphatic carbocycles. The second kappa shape index (κ2) is 3.84.